The van der Waals surface area contributed by atoms with Gasteiger partial charge < -0.3 is 26.4 Å². The van der Waals surface area contributed by atoms with Crippen LogP contribution in [0.2, 0.25) is 0 Å². The third kappa shape index (κ3) is 19.2. The Labute approximate surface area is 248 Å². The number of nitrogens with two attached hydrogens (primary N) is 1. The zero-order valence-electron chi connectivity index (χ0n) is 27.3. The summed E-state index contributed by atoms with van der Waals surface area (Å²) in [6.45, 7) is 19.8. The molecule has 0 rings (SSSR count). The summed E-state index contributed by atoms with van der Waals surface area (Å²) in [4.78, 5) is 61.4. The van der Waals surface area contributed by atoms with Gasteiger partial charge in [0.25, 0.3) is 0 Å². The molecule has 2 atom stereocenters. The van der Waals surface area contributed by atoms with Gasteiger partial charge in [-0.3, -0.25) is 19.2 Å². The van der Waals surface area contributed by atoms with E-state index in [0.29, 0.717) is 44.6 Å². The smallest absolute Gasteiger partial charge is 0.312 e. The maximum absolute atomic E-state index is 13.0. The van der Waals surface area contributed by atoms with Crippen LogP contribution in [0, 0.1) is 22.7 Å². The number of unbranched alkanes of at least 4 members (excludes halogenated alkanes) is 1. The van der Waals surface area contributed by atoms with Crippen molar-refractivity contribution in [1.82, 2.24) is 16.0 Å². The topological polar surface area (TPSA) is 157 Å². The van der Waals surface area contributed by atoms with Crippen molar-refractivity contribution < 1.29 is 28.7 Å². The van der Waals surface area contributed by atoms with Crippen LogP contribution >= 0.6 is 0 Å². The molecule has 0 heterocycles. The summed E-state index contributed by atoms with van der Waals surface area (Å²) in [6, 6.07) is -1.38. The molecule has 0 saturated heterocycles. The molecule has 5 N–H and O–H groups in total. The van der Waals surface area contributed by atoms with E-state index in [4.69, 9.17) is 10.5 Å². The number of Topliss-reactive ketones (excluding diaryl/α,β-unsaturated/α-hetero) is 1. The van der Waals surface area contributed by atoms with Crippen LogP contribution < -0.4 is 21.7 Å². The zero-order valence-corrected chi connectivity index (χ0v) is 27.3. The Kier molecular flexibility index (Phi) is 16.2. The lowest BCUT2D eigenvalue weighted by Crippen LogP contribution is -2.49. The van der Waals surface area contributed by atoms with Crippen molar-refractivity contribution in [3.8, 4) is 0 Å². The van der Waals surface area contributed by atoms with Crippen molar-refractivity contribution >= 4 is 29.6 Å². The van der Waals surface area contributed by atoms with Gasteiger partial charge in [0.2, 0.25) is 11.8 Å². The highest BCUT2D eigenvalue weighted by Gasteiger charge is 2.32. The van der Waals surface area contributed by atoms with E-state index in [1.54, 1.807) is 20.8 Å². The molecule has 10 nitrogen and oxygen atoms in total. The summed E-state index contributed by atoms with van der Waals surface area (Å²) in [5.74, 6) is -0.752. The number of amides is 4. The minimum Gasteiger partial charge on any atom is -0.459 e. The first-order chi connectivity index (χ1) is 18.6. The lowest BCUT2D eigenvalue weighted by molar-refractivity contribution is -0.164. The number of primary amides is 1. The number of rotatable bonds is 18. The molecule has 0 aromatic heterocycles. The average Bonchev–Trinajstić information content (AvgIpc) is 2.79. The van der Waals surface area contributed by atoms with Crippen LogP contribution in [0.1, 0.15) is 121 Å². The monoisotopic (exact) mass is 582 g/mol. The fourth-order valence-corrected chi connectivity index (χ4v) is 4.64. The Morgan fingerprint density at radius 1 is 0.829 bits per heavy atom. The molecule has 0 fully saturated rings. The first-order valence-corrected chi connectivity index (χ1v) is 15.0. The van der Waals surface area contributed by atoms with Crippen LogP contribution in [0.25, 0.3) is 0 Å². The largest absolute Gasteiger partial charge is 0.459 e. The van der Waals surface area contributed by atoms with Crippen molar-refractivity contribution in [2.75, 3.05) is 13.1 Å². The third-order valence-corrected chi connectivity index (χ3v) is 6.56. The normalized spacial score (nSPS) is 13.7. The molecule has 0 aliphatic carbocycles. The summed E-state index contributed by atoms with van der Waals surface area (Å²) in [5, 5.41) is 7.79. The Hall–Kier alpha value is -2.65. The lowest BCUT2D eigenvalue weighted by atomic mass is 9.81. The van der Waals surface area contributed by atoms with E-state index in [1.165, 1.54) is 0 Å². The van der Waals surface area contributed by atoms with Gasteiger partial charge in [0, 0.05) is 18.4 Å². The summed E-state index contributed by atoms with van der Waals surface area (Å²) in [6.07, 6.45) is 4.49. The molecule has 4 amide bonds. The fourth-order valence-electron chi connectivity index (χ4n) is 4.64. The quantitative estimate of drug-likeness (QED) is 0.136. The molecule has 0 aliphatic heterocycles. The molecule has 0 bridgehead atoms. The highest BCUT2D eigenvalue weighted by atomic mass is 16.6. The van der Waals surface area contributed by atoms with Gasteiger partial charge >= 0.3 is 12.0 Å². The Morgan fingerprint density at radius 3 is 1.95 bits per heavy atom. The van der Waals surface area contributed by atoms with E-state index in [2.05, 4.69) is 50.6 Å². The maximum Gasteiger partial charge on any atom is 0.312 e. The minimum atomic E-state index is -0.734. The van der Waals surface area contributed by atoms with Crippen molar-refractivity contribution in [2.24, 2.45) is 28.4 Å². The summed E-state index contributed by atoms with van der Waals surface area (Å²) in [5.41, 5.74) is 3.79. The summed E-state index contributed by atoms with van der Waals surface area (Å²) in [7, 11) is 0. The number of hydrogen-bond acceptors (Lipinski definition) is 6. The molecular formula is C31H58N4O6. The second-order valence-corrected chi connectivity index (χ2v) is 14.4. The Balaban J connectivity index is 4.66. The highest BCUT2D eigenvalue weighted by Crippen LogP contribution is 2.31. The van der Waals surface area contributed by atoms with Crippen molar-refractivity contribution in [2.45, 2.75) is 132 Å². The molecular weight excluding hydrogens is 524 g/mol. The lowest BCUT2D eigenvalue weighted by Gasteiger charge is -2.31. The number of carbonyl (C=O) groups excluding carboxylic acids is 5. The van der Waals surface area contributed by atoms with Crippen LogP contribution in [-0.4, -0.2) is 54.3 Å². The van der Waals surface area contributed by atoms with Crippen molar-refractivity contribution in [3.63, 3.8) is 0 Å². The SMILES string of the molecule is CC(C)CC(CC(C)(C)C)C(=O)OC(C)(C)CCCCC(=O)NCC(=O)NC(CCCNC(N)=O)C(=O)C(C)(C)C. The molecule has 0 spiro atoms. The highest BCUT2D eigenvalue weighted by molar-refractivity contribution is 5.93. The van der Waals surface area contributed by atoms with E-state index < -0.39 is 29.0 Å². The van der Waals surface area contributed by atoms with Crippen LogP contribution in [0.3, 0.4) is 0 Å². The second kappa shape index (κ2) is 17.3. The number of urea groups is 1. The van der Waals surface area contributed by atoms with Crippen LogP contribution in [0.15, 0.2) is 0 Å². The van der Waals surface area contributed by atoms with Gasteiger partial charge in [0.05, 0.1) is 18.5 Å². The van der Waals surface area contributed by atoms with Gasteiger partial charge in [-0.05, 0) is 70.1 Å². The van der Waals surface area contributed by atoms with Gasteiger partial charge in [0.1, 0.15) is 5.60 Å². The predicted octanol–water partition coefficient (Wildman–Crippen LogP) is 4.63. The van der Waals surface area contributed by atoms with Gasteiger partial charge in [0.15, 0.2) is 5.78 Å². The van der Waals surface area contributed by atoms with E-state index >= 15 is 0 Å². The number of carbonyl (C=O) groups is 5. The van der Waals surface area contributed by atoms with Gasteiger partial charge in [-0.1, -0.05) is 55.4 Å². The Morgan fingerprint density at radius 2 is 1.44 bits per heavy atom. The summed E-state index contributed by atoms with van der Waals surface area (Å²) < 4.78 is 5.91. The van der Waals surface area contributed by atoms with Crippen LogP contribution in [0.4, 0.5) is 4.79 Å². The molecule has 0 aromatic rings. The second-order valence-electron chi connectivity index (χ2n) is 14.4. The third-order valence-electron chi connectivity index (χ3n) is 6.56. The summed E-state index contributed by atoms with van der Waals surface area (Å²) >= 11 is 0. The first kappa shape index (κ1) is 38.4. The molecule has 0 aromatic carbocycles. The number of ketones is 1. The van der Waals surface area contributed by atoms with Gasteiger partial charge in [-0.25, -0.2) is 4.79 Å². The molecule has 238 valence electrons. The maximum atomic E-state index is 13.0. The fraction of sp³-hybridized carbons (Fsp3) is 0.839. The molecule has 10 heteroatoms. The number of nitrogens with one attached hydrogen (secondary N) is 3. The van der Waals surface area contributed by atoms with E-state index in [1.807, 2.05) is 13.8 Å². The molecule has 0 radical (unpaired) electrons. The average molecular weight is 583 g/mol. The van der Waals surface area contributed by atoms with Gasteiger partial charge in [-0.2, -0.15) is 0 Å². The standard InChI is InChI=1S/C31H58N4O6/c1-21(2)18-22(19-29(3,4)5)27(39)41-31(9,10)16-12-11-15-24(36)34-20-25(37)35-23(26(38)30(6,7)8)14-13-17-33-28(32)40/h21-23H,11-20H2,1-10H3,(H,34,36)(H,35,37)(H3,32,33,40). The number of ether oxygens (including phenoxy) is 1. The predicted molar refractivity (Wildman–Crippen MR) is 162 cm³/mol. The van der Waals surface area contributed by atoms with E-state index in [-0.39, 0.29) is 42.0 Å². The molecule has 0 aliphatic rings. The van der Waals surface area contributed by atoms with Crippen LogP contribution in [-0.2, 0) is 23.9 Å². The molecule has 41 heavy (non-hydrogen) atoms. The van der Waals surface area contributed by atoms with E-state index in [9.17, 15) is 24.0 Å². The van der Waals surface area contributed by atoms with Gasteiger partial charge in [-0.15, -0.1) is 0 Å². The van der Waals surface area contributed by atoms with Crippen molar-refractivity contribution in [3.05, 3.63) is 0 Å². The van der Waals surface area contributed by atoms with Crippen LogP contribution in [0.5, 0.6) is 0 Å². The minimum absolute atomic E-state index is 0.0274. The molecule has 2 unspecified atom stereocenters. The number of hydrogen-bond donors (Lipinski definition) is 4. The number of esters is 1. The van der Waals surface area contributed by atoms with E-state index in [0.717, 1.165) is 12.8 Å². The first-order valence-electron chi connectivity index (χ1n) is 15.0. The molecule has 0 saturated carbocycles. The van der Waals surface area contributed by atoms with Crippen molar-refractivity contribution in [1.29, 1.82) is 0 Å². The zero-order chi connectivity index (χ0) is 32.0. The Bertz CT molecular complexity index is 871.